The summed E-state index contributed by atoms with van der Waals surface area (Å²) >= 11 is 8.24. The van der Waals surface area contributed by atoms with Crippen LogP contribution in [-0.4, -0.2) is 0 Å². The van der Waals surface area contributed by atoms with Crippen LogP contribution in [-0.2, 0) is 0 Å². The highest BCUT2D eigenvalue weighted by Crippen LogP contribution is 2.41. The van der Waals surface area contributed by atoms with Crippen molar-refractivity contribution in [1.29, 1.82) is 0 Å². The van der Waals surface area contributed by atoms with E-state index in [0.717, 1.165) is 5.02 Å². The summed E-state index contributed by atoms with van der Waals surface area (Å²) in [6.45, 7) is 0. The van der Waals surface area contributed by atoms with E-state index in [1.165, 1.54) is 22.0 Å². The van der Waals surface area contributed by atoms with Crippen LogP contribution in [0.2, 0.25) is 5.02 Å². The topological polar surface area (TPSA) is 26.0 Å². The highest BCUT2D eigenvalue weighted by molar-refractivity contribution is 14.1. The van der Waals surface area contributed by atoms with Crippen LogP contribution in [0.25, 0.3) is 0 Å². The van der Waals surface area contributed by atoms with E-state index in [4.69, 9.17) is 17.3 Å². The predicted octanol–water partition coefficient (Wildman–Crippen LogP) is 3.35. The maximum absolute atomic E-state index is 6.11. The van der Waals surface area contributed by atoms with Gasteiger partial charge in [-0.15, -0.1) is 0 Å². The Morgan fingerprint density at radius 2 is 2.15 bits per heavy atom. The molecule has 70 valence electrons. The molecule has 1 aliphatic rings. The minimum Gasteiger partial charge on any atom is -0.324 e. The molecule has 3 heteroatoms. The molecule has 0 aromatic heterocycles. The molecule has 0 bridgehead atoms. The lowest BCUT2D eigenvalue weighted by atomic mass is 10.0. The molecule has 0 spiro atoms. The SMILES string of the molecule is NC(c1cc(Cl)ccc1I)C1CC1. The normalized spacial score (nSPS) is 18.7. The molecule has 0 aliphatic heterocycles. The second-order valence-corrected chi connectivity index (χ2v) is 5.13. The quantitative estimate of drug-likeness (QED) is 0.833. The van der Waals surface area contributed by atoms with Crippen LogP contribution in [0.5, 0.6) is 0 Å². The monoisotopic (exact) mass is 307 g/mol. The molecule has 1 aliphatic carbocycles. The van der Waals surface area contributed by atoms with Gasteiger partial charge in [-0.3, -0.25) is 0 Å². The van der Waals surface area contributed by atoms with Crippen LogP contribution in [0, 0.1) is 9.49 Å². The van der Waals surface area contributed by atoms with Crippen molar-refractivity contribution in [3.8, 4) is 0 Å². The first-order valence-electron chi connectivity index (χ1n) is 4.39. The first-order valence-corrected chi connectivity index (χ1v) is 5.84. The lowest BCUT2D eigenvalue weighted by molar-refractivity contribution is 0.630. The van der Waals surface area contributed by atoms with E-state index in [2.05, 4.69) is 22.6 Å². The van der Waals surface area contributed by atoms with Crippen LogP contribution in [0.4, 0.5) is 0 Å². The van der Waals surface area contributed by atoms with Gasteiger partial charge in [0.1, 0.15) is 0 Å². The molecule has 2 N–H and O–H groups in total. The Bertz CT molecular complexity index is 323. The van der Waals surface area contributed by atoms with Gasteiger partial charge in [0.2, 0.25) is 0 Å². The van der Waals surface area contributed by atoms with Gasteiger partial charge in [-0.2, -0.15) is 0 Å². The summed E-state index contributed by atoms with van der Waals surface area (Å²) in [7, 11) is 0. The van der Waals surface area contributed by atoms with Crippen LogP contribution < -0.4 is 5.73 Å². The molecule has 1 fully saturated rings. The van der Waals surface area contributed by atoms with Gasteiger partial charge in [0.25, 0.3) is 0 Å². The molecule has 1 saturated carbocycles. The van der Waals surface area contributed by atoms with Gasteiger partial charge in [0.05, 0.1) is 0 Å². The van der Waals surface area contributed by atoms with Crippen molar-refractivity contribution in [3.63, 3.8) is 0 Å². The van der Waals surface area contributed by atoms with E-state index in [1.54, 1.807) is 0 Å². The summed E-state index contributed by atoms with van der Waals surface area (Å²) in [5.41, 5.74) is 7.31. The highest BCUT2D eigenvalue weighted by atomic mass is 127. The molecule has 1 unspecified atom stereocenters. The Kier molecular flexibility index (Phi) is 2.81. The summed E-state index contributed by atoms with van der Waals surface area (Å²) in [5, 5.41) is 0.784. The molecule has 0 radical (unpaired) electrons. The van der Waals surface area contributed by atoms with Gasteiger partial charge in [-0.1, -0.05) is 11.6 Å². The summed E-state index contributed by atoms with van der Waals surface area (Å²) < 4.78 is 1.22. The Morgan fingerprint density at radius 1 is 1.46 bits per heavy atom. The molecule has 2 rings (SSSR count). The third-order valence-electron chi connectivity index (χ3n) is 2.45. The van der Waals surface area contributed by atoms with E-state index in [1.807, 2.05) is 18.2 Å². The van der Waals surface area contributed by atoms with Gasteiger partial charge in [0.15, 0.2) is 0 Å². The lowest BCUT2D eigenvalue weighted by Gasteiger charge is -2.12. The average molecular weight is 308 g/mol. The first kappa shape index (κ1) is 9.74. The summed E-state index contributed by atoms with van der Waals surface area (Å²) in [4.78, 5) is 0. The zero-order valence-corrected chi connectivity index (χ0v) is 10.0. The van der Waals surface area contributed by atoms with Gasteiger partial charge in [0, 0.05) is 14.6 Å². The number of hydrogen-bond donors (Lipinski definition) is 1. The van der Waals surface area contributed by atoms with Gasteiger partial charge >= 0.3 is 0 Å². The van der Waals surface area contributed by atoms with E-state index >= 15 is 0 Å². The molecule has 1 nitrogen and oxygen atoms in total. The van der Waals surface area contributed by atoms with E-state index in [9.17, 15) is 0 Å². The molecule has 1 aromatic rings. The zero-order chi connectivity index (χ0) is 9.42. The van der Waals surface area contributed by atoms with Crippen molar-refractivity contribution in [2.75, 3.05) is 0 Å². The first-order chi connectivity index (χ1) is 6.18. The maximum Gasteiger partial charge on any atom is 0.0410 e. The number of hydrogen-bond acceptors (Lipinski definition) is 1. The predicted molar refractivity (Wildman–Crippen MR) is 63.8 cm³/mol. The third kappa shape index (κ3) is 2.17. The van der Waals surface area contributed by atoms with Crippen molar-refractivity contribution in [2.24, 2.45) is 11.7 Å². The van der Waals surface area contributed by atoms with Crippen molar-refractivity contribution < 1.29 is 0 Å². The van der Waals surface area contributed by atoms with Crippen LogP contribution in [0.1, 0.15) is 24.4 Å². The standard InChI is InChI=1S/C10H11ClIN/c11-7-3-4-9(12)8(5-7)10(13)6-1-2-6/h3-6,10H,1-2,13H2. The fourth-order valence-electron chi connectivity index (χ4n) is 1.48. The van der Waals surface area contributed by atoms with Crippen LogP contribution in [0.3, 0.4) is 0 Å². The third-order valence-corrected chi connectivity index (χ3v) is 3.66. The molecule has 0 heterocycles. The molecule has 1 atom stereocenters. The minimum absolute atomic E-state index is 0.186. The zero-order valence-electron chi connectivity index (χ0n) is 7.13. The van der Waals surface area contributed by atoms with Crippen molar-refractivity contribution >= 4 is 34.2 Å². The van der Waals surface area contributed by atoms with Gasteiger partial charge < -0.3 is 5.73 Å². The Labute approximate surface area is 96.8 Å². The summed E-state index contributed by atoms with van der Waals surface area (Å²) in [5.74, 6) is 0.687. The largest absolute Gasteiger partial charge is 0.324 e. The van der Waals surface area contributed by atoms with Gasteiger partial charge in [-0.05, 0) is 65.1 Å². The van der Waals surface area contributed by atoms with Gasteiger partial charge in [-0.25, -0.2) is 0 Å². The molecular weight excluding hydrogens is 296 g/mol. The highest BCUT2D eigenvalue weighted by Gasteiger charge is 2.30. The number of benzene rings is 1. The van der Waals surface area contributed by atoms with E-state index < -0.39 is 0 Å². The number of rotatable bonds is 2. The second-order valence-electron chi connectivity index (χ2n) is 3.53. The smallest absolute Gasteiger partial charge is 0.0410 e. The molecule has 1 aromatic carbocycles. The molecule has 0 amide bonds. The van der Waals surface area contributed by atoms with Crippen molar-refractivity contribution in [2.45, 2.75) is 18.9 Å². The maximum atomic E-state index is 6.11. The number of halogens is 2. The van der Waals surface area contributed by atoms with Crippen molar-refractivity contribution in [1.82, 2.24) is 0 Å². The lowest BCUT2D eigenvalue weighted by Crippen LogP contribution is -2.13. The molecular formula is C10H11ClIN. The Hall–Kier alpha value is 0.200. The van der Waals surface area contributed by atoms with Crippen molar-refractivity contribution in [3.05, 3.63) is 32.4 Å². The fourth-order valence-corrected chi connectivity index (χ4v) is 2.35. The Balaban J connectivity index is 2.31. The van der Waals surface area contributed by atoms with Crippen LogP contribution in [0.15, 0.2) is 18.2 Å². The molecule has 0 saturated heterocycles. The fraction of sp³-hybridized carbons (Fsp3) is 0.400. The van der Waals surface area contributed by atoms with Crippen LogP contribution >= 0.6 is 34.2 Å². The molecule has 13 heavy (non-hydrogen) atoms. The van der Waals surface area contributed by atoms with E-state index in [-0.39, 0.29) is 6.04 Å². The number of nitrogens with two attached hydrogens (primary N) is 1. The van der Waals surface area contributed by atoms with E-state index in [0.29, 0.717) is 5.92 Å². The Morgan fingerprint density at radius 3 is 2.77 bits per heavy atom. The second kappa shape index (κ2) is 3.75. The summed E-state index contributed by atoms with van der Waals surface area (Å²) in [6.07, 6.45) is 2.54. The average Bonchev–Trinajstić information content (AvgIpc) is 2.91. The summed E-state index contributed by atoms with van der Waals surface area (Å²) in [6, 6.07) is 6.12. The minimum atomic E-state index is 0.186.